The smallest absolute Gasteiger partial charge is 0.193 e. The minimum Gasteiger partial charge on any atom is -0.377 e. The van der Waals surface area contributed by atoms with Gasteiger partial charge in [-0.2, -0.15) is 0 Å². The molecule has 4 heteroatoms. The number of aliphatic imine (C=N–C) groups is 1. The fraction of sp³-hybridized carbons (Fsp3) is 0.588. The van der Waals surface area contributed by atoms with E-state index >= 15 is 0 Å². The van der Waals surface area contributed by atoms with E-state index in [0.717, 1.165) is 18.7 Å². The predicted octanol–water partition coefficient (Wildman–Crippen LogP) is 2.84. The molecule has 0 radical (unpaired) electrons. The van der Waals surface area contributed by atoms with Crippen LogP contribution in [0, 0.1) is 25.2 Å². The number of nitrogens with zero attached hydrogens (tertiary/aromatic N) is 1. The molecule has 2 aliphatic rings. The van der Waals surface area contributed by atoms with Crippen LogP contribution in [0.2, 0.25) is 0 Å². The van der Waals surface area contributed by atoms with Crippen LogP contribution in [0.1, 0.15) is 31.4 Å². The van der Waals surface area contributed by atoms with E-state index in [2.05, 4.69) is 51.2 Å². The van der Waals surface area contributed by atoms with Crippen LogP contribution >= 0.6 is 0 Å². The Kier molecular flexibility index (Phi) is 3.44. The Balaban J connectivity index is 1.74. The van der Waals surface area contributed by atoms with Crippen molar-refractivity contribution < 1.29 is 4.74 Å². The summed E-state index contributed by atoms with van der Waals surface area (Å²) in [6, 6.07) is 6.57. The summed E-state index contributed by atoms with van der Waals surface area (Å²) in [7, 11) is 0. The number of hydrogen-bond acceptors (Lipinski definition) is 2. The third-order valence-corrected chi connectivity index (χ3v) is 4.81. The first kappa shape index (κ1) is 14.4. The zero-order valence-electron chi connectivity index (χ0n) is 13.3. The Hall–Kier alpha value is -1.55. The molecule has 1 heterocycles. The number of ether oxygens (including phenoxy) is 1. The van der Waals surface area contributed by atoms with Crippen molar-refractivity contribution in [2.75, 3.05) is 11.9 Å². The first-order valence-electron chi connectivity index (χ1n) is 7.68. The molecule has 0 spiro atoms. The maximum atomic E-state index is 6.12. The summed E-state index contributed by atoms with van der Waals surface area (Å²) >= 11 is 0. The molecule has 0 bridgehead atoms. The van der Waals surface area contributed by atoms with Crippen molar-refractivity contribution in [3.63, 3.8) is 0 Å². The summed E-state index contributed by atoms with van der Waals surface area (Å²) in [6.07, 6.45) is 1.44. The monoisotopic (exact) mass is 287 g/mol. The van der Waals surface area contributed by atoms with Gasteiger partial charge in [-0.05, 0) is 43.5 Å². The Morgan fingerprint density at radius 3 is 2.62 bits per heavy atom. The van der Waals surface area contributed by atoms with Gasteiger partial charge in [0.05, 0.1) is 12.1 Å². The lowest BCUT2D eigenvalue weighted by Gasteiger charge is -2.52. The van der Waals surface area contributed by atoms with Gasteiger partial charge in [-0.25, -0.2) is 4.99 Å². The van der Waals surface area contributed by atoms with Crippen LogP contribution in [0.25, 0.3) is 0 Å². The molecule has 1 aromatic rings. The average molecular weight is 287 g/mol. The van der Waals surface area contributed by atoms with Gasteiger partial charge in [-0.3, -0.25) is 0 Å². The summed E-state index contributed by atoms with van der Waals surface area (Å²) < 4.78 is 5.80. The summed E-state index contributed by atoms with van der Waals surface area (Å²) in [4.78, 5) is 4.74. The lowest BCUT2D eigenvalue weighted by Crippen LogP contribution is -2.59. The van der Waals surface area contributed by atoms with Gasteiger partial charge in [-0.1, -0.05) is 19.9 Å². The van der Waals surface area contributed by atoms with Gasteiger partial charge in [0, 0.05) is 23.6 Å². The Morgan fingerprint density at radius 1 is 1.29 bits per heavy atom. The molecule has 21 heavy (non-hydrogen) atoms. The Morgan fingerprint density at radius 2 is 1.95 bits per heavy atom. The minimum absolute atomic E-state index is 0.0794. The summed E-state index contributed by atoms with van der Waals surface area (Å²) in [6.45, 7) is 9.47. The van der Waals surface area contributed by atoms with Crippen LogP contribution in [0.15, 0.2) is 23.2 Å². The number of anilines is 1. The van der Waals surface area contributed by atoms with Crippen LogP contribution in [-0.4, -0.2) is 24.7 Å². The van der Waals surface area contributed by atoms with Gasteiger partial charge in [0.25, 0.3) is 0 Å². The fourth-order valence-corrected chi connectivity index (χ4v) is 3.94. The largest absolute Gasteiger partial charge is 0.377 e. The average Bonchev–Trinajstić information content (AvgIpc) is 2.81. The molecule has 1 aliphatic carbocycles. The lowest BCUT2D eigenvalue weighted by atomic mass is 9.57. The van der Waals surface area contributed by atoms with Crippen molar-refractivity contribution in [3.8, 4) is 0 Å². The van der Waals surface area contributed by atoms with Gasteiger partial charge in [-0.15, -0.1) is 0 Å². The van der Waals surface area contributed by atoms with Crippen LogP contribution in [0.5, 0.6) is 0 Å². The van der Waals surface area contributed by atoms with Crippen molar-refractivity contribution in [3.05, 3.63) is 29.3 Å². The van der Waals surface area contributed by atoms with E-state index in [1.54, 1.807) is 0 Å². The maximum absolute atomic E-state index is 6.12. The number of nitrogens with two attached hydrogens (primary N) is 1. The lowest BCUT2D eigenvalue weighted by molar-refractivity contribution is -0.0985. The molecule has 3 rings (SSSR count). The molecular formula is C17H25N3O. The van der Waals surface area contributed by atoms with Crippen molar-refractivity contribution in [2.45, 2.75) is 46.3 Å². The number of aryl methyl sites for hydroxylation is 2. The van der Waals surface area contributed by atoms with Crippen molar-refractivity contribution in [1.29, 1.82) is 0 Å². The van der Waals surface area contributed by atoms with E-state index < -0.39 is 0 Å². The van der Waals surface area contributed by atoms with Crippen LogP contribution in [0.3, 0.4) is 0 Å². The zero-order chi connectivity index (χ0) is 15.2. The summed E-state index contributed by atoms with van der Waals surface area (Å²) in [5.74, 6) is 1.03. The number of rotatable bonds is 2. The molecule has 1 saturated carbocycles. The zero-order valence-corrected chi connectivity index (χ0v) is 13.3. The Labute approximate surface area is 126 Å². The summed E-state index contributed by atoms with van der Waals surface area (Å²) in [5, 5.41) is 3.23. The molecule has 3 atom stereocenters. The second-order valence-corrected chi connectivity index (χ2v) is 7.03. The highest BCUT2D eigenvalue weighted by atomic mass is 16.5. The van der Waals surface area contributed by atoms with Crippen molar-refractivity contribution in [2.24, 2.45) is 22.1 Å². The molecule has 0 aromatic heterocycles. The highest BCUT2D eigenvalue weighted by Crippen LogP contribution is 2.53. The number of hydrogen-bond donors (Lipinski definition) is 2. The van der Waals surface area contributed by atoms with Gasteiger partial charge in [0.2, 0.25) is 0 Å². The van der Waals surface area contributed by atoms with E-state index in [9.17, 15) is 0 Å². The molecular weight excluding hydrogens is 262 g/mol. The third-order valence-electron chi connectivity index (χ3n) is 4.81. The molecule has 2 fully saturated rings. The maximum Gasteiger partial charge on any atom is 0.193 e. The van der Waals surface area contributed by atoms with E-state index in [-0.39, 0.29) is 11.5 Å². The molecule has 1 saturated heterocycles. The molecule has 0 amide bonds. The standard InChI is InChI=1S/C17H25N3O/c1-10-7-11(2)9-12(8-10)19-16(18)20-14-13-5-6-21-15(13)17(14,3)4/h7-9,13-15H,5-6H2,1-4H3,(H3,18,19,20). The highest BCUT2D eigenvalue weighted by molar-refractivity contribution is 5.92. The molecule has 3 N–H and O–H groups in total. The quantitative estimate of drug-likeness (QED) is 0.649. The van der Waals surface area contributed by atoms with Gasteiger partial charge in [0.15, 0.2) is 5.96 Å². The SMILES string of the molecule is Cc1cc(C)cc(NC(N)=NC2C3CCOC3C2(C)C)c1. The van der Waals surface area contributed by atoms with E-state index in [4.69, 9.17) is 15.5 Å². The molecule has 114 valence electrons. The van der Waals surface area contributed by atoms with E-state index in [1.165, 1.54) is 11.1 Å². The number of fused-ring (bicyclic) bond motifs is 1. The van der Waals surface area contributed by atoms with Crippen molar-refractivity contribution in [1.82, 2.24) is 0 Å². The van der Waals surface area contributed by atoms with Crippen LogP contribution in [0.4, 0.5) is 5.69 Å². The normalized spacial score (nSPS) is 30.7. The van der Waals surface area contributed by atoms with E-state index in [0.29, 0.717) is 18.0 Å². The van der Waals surface area contributed by atoms with Crippen LogP contribution < -0.4 is 11.1 Å². The van der Waals surface area contributed by atoms with Crippen LogP contribution in [-0.2, 0) is 4.74 Å². The number of nitrogens with one attached hydrogen (secondary N) is 1. The predicted molar refractivity (Wildman–Crippen MR) is 86.6 cm³/mol. The number of guanidine groups is 1. The van der Waals surface area contributed by atoms with Gasteiger partial charge < -0.3 is 15.8 Å². The van der Waals surface area contributed by atoms with Gasteiger partial charge in [0.1, 0.15) is 0 Å². The Bertz CT molecular complexity index is 559. The van der Waals surface area contributed by atoms with E-state index in [1.807, 2.05) is 0 Å². The second kappa shape index (κ2) is 5.02. The van der Waals surface area contributed by atoms with Crippen molar-refractivity contribution >= 4 is 11.6 Å². The second-order valence-electron chi connectivity index (χ2n) is 7.03. The number of benzene rings is 1. The highest BCUT2D eigenvalue weighted by Gasteiger charge is 2.59. The van der Waals surface area contributed by atoms with Gasteiger partial charge >= 0.3 is 0 Å². The summed E-state index contributed by atoms with van der Waals surface area (Å²) in [5.41, 5.74) is 9.64. The minimum atomic E-state index is 0.0794. The first-order valence-corrected chi connectivity index (χ1v) is 7.68. The molecule has 4 nitrogen and oxygen atoms in total. The third kappa shape index (κ3) is 2.53. The molecule has 1 aromatic carbocycles. The molecule has 3 unspecified atom stereocenters. The topological polar surface area (TPSA) is 59.6 Å². The fourth-order valence-electron chi connectivity index (χ4n) is 3.94. The first-order chi connectivity index (χ1) is 9.88. The molecule has 1 aliphatic heterocycles.